The molecule has 1 N–H and O–H groups in total. The molecule has 2 aromatic rings. The molecule has 0 aromatic heterocycles. The van der Waals surface area contributed by atoms with Gasteiger partial charge in [-0.05, 0) is 60.1 Å². The van der Waals surface area contributed by atoms with Crippen LogP contribution in [0.5, 0.6) is 5.75 Å². The Morgan fingerprint density at radius 3 is 1.70 bits per heavy atom. The Kier molecular flexibility index (Phi) is 5.35. The molecule has 23 heavy (non-hydrogen) atoms. The topological polar surface area (TPSA) is 21.3 Å². The first-order chi connectivity index (χ1) is 10.8. The van der Waals surface area contributed by atoms with Crippen LogP contribution in [0.4, 0.5) is 11.4 Å². The van der Waals surface area contributed by atoms with Crippen molar-refractivity contribution in [2.75, 3.05) is 12.4 Å². The maximum atomic E-state index is 5.38. The zero-order chi connectivity index (χ0) is 17.1. The number of hydrogen-bond donors (Lipinski definition) is 1. The van der Waals surface area contributed by atoms with Crippen LogP contribution < -0.4 is 10.1 Å². The monoisotopic (exact) mass is 311 g/mol. The second-order valence-corrected chi connectivity index (χ2v) is 6.88. The molecule has 0 aliphatic carbocycles. The zero-order valence-electron chi connectivity index (χ0n) is 15.4. The molecule has 0 aliphatic rings. The molecule has 0 unspecified atom stereocenters. The normalized spacial score (nSPS) is 11.2. The van der Waals surface area contributed by atoms with Gasteiger partial charge in [0.1, 0.15) is 5.75 Å². The summed E-state index contributed by atoms with van der Waals surface area (Å²) in [6.45, 7) is 13.3. The van der Waals surface area contributed by atoms with Crippen LogP contribution in [0.1, 0.15) is 61.8 Å². The van der Waals surface area contributed by atoms with Crippen LogP contribution in [0, 0.1) is 13.8 Å². The summed E-state index contributed by atoms with van der Waals surface area (Å²) in [6.07, 6.45) is 0. The predicted octanol–water partition coefficient (Wildman–Crippen LogP) is 6.30. The van der Waals surface area contributed by atoms with E-state index in [4.69, 9.17) is 4.74 Å². The summed E-state index contributed by atoms with van der Waals surface area (Å²) in [5.74, 6) is 1.87. The van der Waals surface area contributed by atoms with E-state index in [1.54, 1.807) is 7.11 Å². The van der Waals surface area contributed by atoms with Crippen LogP contribution in [-0.4, -0.2) is 7.11 Å². The number of anilines is 2. The van der Waals surface area contributed by atoms with E-state index in [9.17, 15) is 0 Å². The van der Waals surface area contributed by atoms with Gasteiger partial charge in [-0.25, -0.2) is 0 Å². The minimum atomic E-state index is 0.482. The van der Waals surface area contributed by atoms with Gasteiger partial charge in [-0.15, -0.1) is 0 Å². The average Bonchev–Trinajstić information content (AvgIpc) is 2.50. The molecule has 2 aromatic carbocycles. The molecular weight excluding hydrogens is 282 g/mol. The Morgan fingerprint density at radius 2 is 1.30 bits per heavy atom. The third kappa shape index (κ3) is 3.69. The number of methoxy groups -OCH3 is 1. The quantitative estimate of drug-likeness (QED) is 0.699. The highest BCUT2D eigenvalue weighted by molar-refractivity contribution is 5.73. The second-order valence-electron chi connectivity index (χ2n) is 6.88. The fourth-order valence-electron chi connectivity index (χ4n) is 3.06. The van der Waals surface area contributed by atoms with Gasteiger partial charge in [-0.2, -0.15) is 0 Å². The van der Waals surface area contributed by atoms with E-state index in [1.807, 2.05) is 0 Å². The number of aryl methyl sites for hydroxylation is 2. The van der Waals surface area contributed by atoms with Crippen molar-refractivity contribution in [3.8, 4) is 5.75 Å². The molecule has 0 fully saturated rings. The van der Waals surface area contributed by atoms with Crippen molar-refractivity contribution in [1.82, 2.24) is 0 Å². The molecule has 2 rings (SSSR count). The van der Waals surface area contributed by atoms with E-state index in [2.05, 4.69) is 77.2 Å². The first kappa shape index (κ1) is 17.4. The first-order valence-electron chi connectivity index (χ1n) is 8.40. The zero-order valence-corrected chi connectivity index (χ0v) is 15.4. The highest BCUT2D eigenvalue weighted by Gasteiger charge is 2.15. The highest BCUT2D eigenvalue weighted by Crippen LogP contribution is 2.37. The summed E-state index contributed by atoms with van der Waals surface area (Å²) >= 11 is 0. The highest BCUT2D eigenvalue weighted by atomic mass is 16.5. The molecule has 0 atom stereocenters. The number of benzene rings is 2. The SMILES string of the molecule is COc1cc(C)c(Nc2c(C(C)C)cccc2C(C)C)c(C)c1. The maximum Gasteiger partial charge on any atom is 0.119 e. The molecule has 0 aliphatic heterocycles. The Hall–Kier alpha value is -1.96. The van der Waals surface area contributed by atoms with Crippen molar-refractivity contribution in [2.24, 2.45) is 0 Å². The van der Waals surface area contributed by atoms with Crippen molar-refractivity contribution >= 4 is 11.4 Å². The van der Waals surface area contributed by atoms with E-state index in [0.29, 0.717) is 11.8 Å². The number of para-hydroxylation sites is 1. The summed E-state index contributed by atoms with van der Waals surface area (Å²) < 4.78 is 5.38. The standard InChI is InChI=1S/C21H29NO/c1-13(2)18-9-8-10-19(14(3)4)21(18)22-20-15(5)11-17(23-7)12-16(20)6/h8-14,22H,1-7H3. The fraction of sp³-hybridized carbons (Fsp3) is 0.429. The van der Waals surface area contributed by atoms with E-state index in [-0.39, 0.29) is 0 Å². The largest absolute Gasteiger partial charge is 0.497 e. The number of rotatable bonds is 5. The van der Waals surface area contributed by atoms with Crippen LogP contribution in [0.3, 0.4) is 0 Å². The van der Waals surface area contributed by atoms with Crippen molar-refractivity contribution in [2.45, 2.75) is 53.4 Å². The minimum absolute atomic E-state index is 0.482. The Morgan fingerprint density at radius 1 is 0.826 bits per heavy atom. The molecule has 0 radical (unpaired) electrons. The molecule has 0 heterocycles. The van der Waals surface area contributed by atoms with Crippen LogP contribution >= 0.6 is 0 Å². The van der Waals surface area contributed by atoms with Gasteiger partial charge in [0.15, 0.2) is 0 Å². The van der Waals surface area contributed by atoms with Gasteiger partial charge < -0.3 is 10.1 Å². The van der Waals surface area contributed by atoms with Crippen LogP contribution in [0.2, 0.25) is 0 Å². The first-order valence-corrected chi connectivity index (χ1v) is 8.40. The number of nitrogens with one attached hydrogen (secondary N) is 1. The van der Waals surface area contributed by atoms with E-state index < -0.39 is 0 Å². The van der Waals surface area contributed by atoms with Crippen molar-refractivity contribution < 1.29 is 4.74 Å². The molecule has 0 saturated carbocycles. The van der Waals surface area contributed by atoms with Crippen molar-refractivity contribution in [3.05, 3.63) is 52.6 Å². The van der Waals surface area contributed by atoms with Gasteiger partial charge in [0.05, 0.1) is 7.11 Å². The third-order valence-electron chi connectivity index (χ3n) is 4.36. The van der Waals surface area contributed by atoms with Crippen molar-refractivity contribution in [3.63, 3.8) is 0 Å². The Bertz CT molecular complexity index is 637. The molecule has 2 nitrogen and oxygen atoms in total. The fourth-order valence-corrected chi connectivity index (χ4v) is 3.06. The van der Waals surface area contributed by atoms with Gasteiger partial charge >= 0.3 is 0 Å². The van der Waals surface area contributed by atoms with Crippen molar-refractivity contribution in [1.29, 1.82) is 0 Å². The third-order valence-corrected chi connectivity index (χ3v) is 4.36. The summed E-state index contributed by atoms with van der Waals surface area (Å²) in [5, 5.41) is 3.74. The summed E-state index contributed by atoms with van der Waals surface area (Å²) in [4.78, 5) is 0. The lowest BCUT2D eigenvalue weighted by atomic mass is 9.92. The number of hydrogen-bond acceptors (Lipinski definition) is 2. The molecule has 2 heteroatoms. The maximum absolute atomic E-state index is 5.38. The van der Waals surface area contributed by atoms with E-state index in [1.165, 1.54) is 33.6 Å². The lowest BCUT2D eigenvalue weighted by molar-refractivity contribution is 0.414. The van der Waals surface area contributed by atoms with Gasteiger partial charge in [0, 0.05) is 11.4 Å². The van der Waals surface area contributed by atoms with Gasteiger partial charge in [0.25, 0.3) is 0 Å². The molecule has 0 spiro atoms. The van der Waals surface area contributed by atoms with Crippen LogP contribution in [0.25, 0.3) is 0 Å². The van der Waals surface area contributed by atoms with Crippen LogP contribution in [0.15, 0.2) is 30.3 Å². The lowest BCUT2D eigenvalue weighted by Gasteiger charge is -2.23. The van der Waals surface area contributed by atoms with Gasteiger partial charge in [0.2, 0.25) is 0 Å². The van der Waals surface area contributed by atoms with E-state index >= 15 is 0 Å². The summed E-state index contributed by atoms with van der Waals surface area (Å²) in [5.41, 5.74) is 7.58. The van der Waals surface area contributed by atoms with Crippen LogP contribution in [-0.2, 0) is 0 Å². The number of ether oxygens (including phenoxy) is 1. The molecule has 124 valence electrons. The van der Waals surface area contributed by atoms with Gasteiger partial charge in [-0.1, -0.05) is 45.9 Å². The minimum Gasteiger partial charge on any atom is -0.497 e. The van der Waals surface area contributed by atoms with E-state index in [0.717, 1.165) is 5.75 Å². The molecule has 0 saturated heterocycles. The molecule has 0 amide bonds. The second kappa shape index (κ2) is 7.08. The lowest BCUT2D eigenvalue weighted by Crippen LogP contribution is -2.06. The average molecular weight is 311 g/mol. The molecular formula is C21H29NO. The predicted molar refractivity (Wildman–Crippen MR) is 100 cm³/mol. The molecule has 0 bridgehead atoms. The Labute approximate surface area is 140 Å². The smallest absolute Gasteiger partial charge is 0.119 e. The summed E-state index contributed by atoms with van der Waals surface area (Å²) in [7, 11) is 1.71. The van der Waals surface area contributed by atoms with Gasteiger partial charge in [-0.3, -0.25) is 0 Å². The summed E-state index contributed by atoms with van der Waals surface area (Å²) in [6, 6.07) is 10.8. The Balaban J connectivity index is 2.56.